The Morgan fingerprint density at radius 3 is 2.41 bits per heavy atom. The monoisotopic (exact) mass is 536 g/mol. The van der Waals surface area contributed by atoms with Gasteiger partial charge in [-0.3, -0.25) is 4.99 Å². The molecule has 0 bridgehead atoms. The summed E-state index contributed by atoms with van der Waals surface area (Å²) in [6.07, 6.45) is 2.39. The molecule has 0 saturated carbocycles. The minimum atomic E-state index is -3.20. The van der Waals surface area contributed by atoms with Gasteiger partial charge in [0.1, 0.15) is 0 Å². The first-order chi connectivity index (χ1) is 13.3. The molecule has 0 spiro atoms. The van der Waals surface area contributed by atoms with E-state index in [1.54, 1.807) is 7.05 Å². The first-order valence-corrected chi connectivity index (χ1v) is 11.8. The van der Waals surface area contributed by atoms with Gasteiger partial charge in [0.05, 0.1) is 4.75 Å². The third-order valence-electron chi connectivity index (χ3n) is 5.92. The summed E-state index contributed by atoms with van der Waals surface area (Å²) in [6, 6.07) is 8.57. The Kier molecular flexibility index (Phi) is 8.59. The van der Waals surface area contributed by atoms with Crippen molar-refractivity contribution in [2.24, 2.45) is 4.99 Å². The standard InChI is InChI=1S/C20H32N4O3S.HI/c1-17-5-4-6-18(15-17)23-9-11-24(12-10-23)19(21-2)22-16-20(28(3,25)26)7-13-27-14-8-20;/h4-6,15H,7-14,16H2,1-3H3,(H,21,22);1H. The van der Waals surface area contributed by atoms with Crippen molar-refractivity contribution >= 4 is 45.5 Å². The zero-order valence-corrected chi connectivity index (χ0v) is 20.7. The van der Waals surface area contributed by atoms with E-state index in [0.29, 0.717) is 32.6 Å². The Morgan fingerprint density at radius 1 is 1.21 bits per heavy atom. The van der Waals surface area contributed by atoms with Gasteiger partial charge in [0.2, 0.25) is 0 Å². The van der Waals surface area contributed by atoms with E-state index in [1.807, 2.05) is 0 Å². The van der Waals surface area contributed by atoms with Gasteiger partial charge < -0.3 is 19.9 Å². The number of ether oxygens (including phenoxy) is 1. The third-order valence-corrected chi connectivity index (χ3v) is 8.04. The SMILES string of the molecule is CN=C(NCC1(S(C)(=O)=O)CCOCC1)N1CCN(c2cccc(C)c2)CC1.I. The van der Waals surface area contributed by atoms with Gasteiger partial charge in [-0.25, -0.2) is 8.42 Å². The summed E-state index contributed by atoms with van der Waals surface area (Å²) < 4.78 is 29.5. The first-order valence-electron chi connectivity index (χ1n) is 9.89. The van der Waals surface area contributed by atoms with Crippen LogP contribution in [0.3, 0.4) is 0 Å². The molecule has 0 amide bonds. The van der Waals surface area contributed by atoms with E-state index in [1.165, 1.54) is 17.5 Å². The van der Waals surface area contributed by atoms with Crippen LogP contribution in [0.1, 0.15) is 18.4 Å². The molecule has 2 aliphatic rings. The third kappa shape index (κ3) is 5.75. The van der Waals surface area contributed by atoms with Gasteiger partial charge in [-0.2, -0.15) is 0 Å². The molecule has 0 atom stereocenters. The molecule has 0 radical (unpaired) electrons. The van der Waals surface area contributed by atoms with Gasteiger partial charge in [0, 0.05) is 64.9 Å². The van der Waals surface area contributed by atoms with E-state index < -0.39 is 14.6 Å². The fourth-order valence-corrected chi connectivity index (χ4v) is 5.24. The van der Waals surface area contributed by atoms with Crippen molar-refractivity contribution < 1.29 is 13.2 Å². The second-order valence-electron chi connectivity index (χ2n) is 7.78. The lowest BCUT2D eigenvalue weighted by atomic mass is 9.99. The number of piperazine rings is 1. The molecule has 0 aliphatic carbocycles. The summed E-state index contributed by atoms with van der Waals surface area (Å²) in [6.45, 7) is 6.99. The molecule has 3 rings (SSSR count). The highest BCUT2D eigenvalue weighted by atomic mass is 127. The van der Waals surface area contributed by atoms with Gasteiger partial charge in [-0.1, -0.05) is 12.1 Å². The Bertz CT molecular complexity index is 802. The maximum atomic E-state index is 12.5. The van der Waals surface area contributed by atoms with Gasteiger partial charge in [-0.05, 0) is 37.5 Å². The highest BCUT2D eigenvalue weighted by molar-refractivity contribution is 14.0. The fourth-order valence-electron chi connectivity index (χ4n) is 4.00. The van der Waals surface area contributed by atoms with Crippen LogP contribution in [0.4, 0.5) is 5.69 Å². The topological polar surface area (TPSA) is 74.2 Å². The number of rotatable bonds is 4. The lowest BCUT2D eigenvalue weighted by Crippen LogP contribution is -2.57. The first kappa shape index (κ1) is 24.2. The summed E-state index contributed by atoms with van der Waals surface area (Å²) in [5.74, 6) is 0.776. The number of nitrogens with one attached hydrogen (secondary N) is 1. The van der Waals surface area contributed by atoms with Crippen LogP contribution in [0.5, 0.6) is 0 Å². The van der Waals surface area contributed by atoms with Crippen LogP contribution in [-0.4, -0.2) is 83.3 Å². The molecule has 29 heavy (non-hydrogen) atoms. The van der Waals surface area contributed by atoms with Crippen molar-refractivity contribution in [1.29, 1.82) is 0 Å². The Morgan fingerprint density at radius 2 is 1.86 bits per heavy atom. The van der Waals surface area contributed by atoms with Crippen molar-refractivity contribution in [3.8, 4) is 0 Å². The van der Waals surface area contributed by atoms with Gasteiger partial charge in [0.15, 0.2) is 15.8 Å². The van der Waals surface area contributed by atoms with Crippen LogP contribution in [0.15, 0.2) is 29.3 Å². The van der Waals surface area contributed by atoms with Crippen LogP contribution in [-0.2, 0) is 14.6 Å². The quantitative estimate of drug-likeness (QED) is 0.360. The molecular formula is C20H33IN4O3S. The van der Waals surface area contributed by atoms with Gasteiger partial charge >= 0.3 is 0 Å². The molecule has 0 aromatic heterocycles. The number of aliphatic imine (C=N–C) groups is 1. The molecule has 164 valence electrons. The second-order valence-corrected chi connectivity index (χ2v) is 10.2. The predicted molar refractivity (Wildman–Crippen MR) is 129 cm³/mol. The normalized spacial score (nSPS) is 20.2. The number of hydrogen-bond donors (Lipinski definition) is 1. The second kappa shape index (κ2) is 10.3. The Labute approximate surface area is 191 Å². The Balaban J connectivity index is 0.00000300. The lowest BCUT2D eigenvalue weighted by Gasteiger charge is -2.40. The van der Waals surface area contributed by atoms with E-state index in [0.717, 1.165) is 32.1 Å². The molecule has 1 aromatic carbocycles. The number of sulfone groups is 1. The van der Waals surface area contributed by atoms with Crippen molar-refractivity contribution in [2.75, 3.05) is 64.1 Å². The zero-order chi connectivity index (χ0) is 20.2. The smallest absolute Gasteiger partial charge is 0.193 e. The number of benzene rings is 1. The maximum absolute atomic E-state index is 12.5. The van der Waals surface area contributed by atoms with Crippen molar-refractivity contribution in [3.63, 3.8) is 0 Å². The summed E-state index contributed by atoms with van der Waals surface area (Å²) in [5, 5.41) is 3.34. The summed E-state index contributed by atoms with van der Waals surface area (Å²) in [4.78, 5) is 9.00. The summed E-state index contributed by atoms with van der Waals surface area (Å²) >= 11 is 0. The molecule has 0 unspecified atom stereocenters. The Hall–Kier alpha value is -1.07. The van der Waals surface area contributed by atoms with E-state index in [4.69, 9.17) is 4.74 Å². The lowest BCUT2D eigenvalue weighted by molar-refractivity contribution is 0.0754. The van der Waals surface area contributed by atoms with Crippen LogP contribution in [0.25, 0.3) is 0 Å². The fraction of sp³-hybridized carbons (Fsp3) is 0.650. The molecule has 9 heteroatoms. The van der Waals surface area contributed by atoms with Crippen molar-refractivity contribution in [2.45, 2.75) is 24.5 Å². The largest absolute Gasteiger partial charge is 0.381 e. The number of anilines is 1. The van der Waals surface area contributed by atoms with Gasteiger partial charge in [-0.15, -0.1) is 24.0 Å². The van der Waals surface area contributed by atoms with Crippen LogP contribution < -0.4 is 10.2 Å². The van der Waals surface area contributed by atoms with E-state index >= 15 is 0 Å². The average molecular weight is 536 g/mol. The van der Waals surface area contributed by atoms with Crippen LogP contribution in [0, 0.1) is 6.92 Å². The van der Waals surface area contributed by atoms with Gasteiger partial charge in [0.25, 0.3) is 0 Å². The number of aryl methyl sites for hydroxylation is 1. The minimum Gasteiger partial charge on any atom is -0.381 e. The number of hydrogen-bond acceptors (Lipinski definition) is 5. The van der Waals surface area contributed by atoms with Crippen LogP contribution >= 0.6 is 24.0 Å². The molecule has 2 saturated heterocycles. The molecule has 2 fully saturated rings. The highest BCUT2D eigenvalue weighted by Crippen LogP contribution is 2.28. The molecule has 2 heterocycles. The summed E-state index contributed by atoms with van der Waals surface area (Å²) in [5.41, 5.74) is 2.51. The zero-order valence-electron chi connectivity index (χ0n) is 17.6. The maximum Gasteiger partial charge on any atom is 0.193 e. The van der Waals surface area contributed by atoms with Crippen LogP contribution in [0.2, 0.25) is 0 Å². The molecule has 2 aliphatic heterocycles. The van der Waals surface area contributed by atoms with E-state index in [9.17, 15) is 8.42 Å². The number of guanidine groups is 1. The molecule has 1 N–H and O–H groups in total. The molecular weight excluding hydrogens is 503 g/mol. The molecule has 7 nitrogen and oxygen atoms in total. The van der Waals surface area contributed by atoms with Crippen molar-refractivity contribution in [3.05, 3.63) is 29.8 Å². The van der Waals surface area contributed by atoms with Crippen molar-refractivity contribution in [1.82, 2.24) is 10.2 Å². The average Bonchev–Trinajstić information content (AvgIpc) is 2.69. The van der Waals surface area contributed by atoms with E-state index in [2.05, 4.69) is 51.3 Å². The number of halogens is 1. The molecule has 1 aromatic rings. The number of nitrogens with zero attached hydrogens (tertiary/aromatic N) is 3. The minimum absolute atomic E-state index is 0. The highest BCUT2D eigenvalue weighted by Gasteiger charge is 2.42. The van der Waals surface area contributed by atoms with E-state index in [-0.39, 0.29) is 24.0 Å². The summed E-state index contributed by atoms with van der Waals surface area (Å²) in [7, 11) is -1.44. The predicted octanol–water partition coefficient (Wildman–Crippen LogP) is 1.90.